The molecule has 5 aromatic rings. The highest BCUT2D eigenvalue weighted by molar-refractivity contribution is 7.15. The van der Waals surface area contributed by atoms with Gasteiger partial charge in [0.15, 0.2) is 5.82 Å². The van der Waals surface area contributed by atoms with E-state index in [1.807, 2.05) is 78.9 Å². The maximum Gasteiger partial charge on any atom is 0.291 e. The standard InChI is InChI=1S/C31H28N4O3S/c1-2-3-4-10-19-38-23-17-15-22(16-18-23)28-32-31-35(33-28)30(37)27(39-31)26-24-13-8-9-14-25(24)34(29(26)36)20-21-11-6-5-7-12-21/h5-9,11-18H,2-4,10,19-20H2,1H3/b27-26-. The van der Waals surface area contributed by atoms with Gasteiger partial charge < -0.3 is 9.64 Å². The molecule has 0 fully saturated rings. The summed E-state index contributed by atoms with van der Waals surface area (Å²) in [6.45, 7) is 3.32. The van der Waals surface area contributed by atoms with Gasteiger partial charge in [0.1, 0.15) is 10.3 Å². The van der Waals surface area contributed by atoms with Gasteiger partial charge in [-0.1, -0.05) is 86.1 Å². The number of nitrogens with zero attached hydrogens (tertiary/aromatic N) is 4. The molecule has 0 N–H and O–H groups in total. The Hall–Kier alpha value is -4.30. The fourth-order valence-corrected chi connectivity index (χ4v) is 5.85. The largest absolute Gasteiger partial charge is 0.494 e. The average molecular weight is 537 g/mol. The third-order valence-corrected chi connectivity index (χ3v) is 7.90. The number of thiazole rings is 1. The molecule has 0 aliphatic carbocycles. The molecule has 39 heavy (non-hydrogen) atoms. The molecule has 0 spiro atoms. The van der Waals surface area contributed by atoms with Crippen molar-refractivity contribution in [3.8, 4) is 17.1 Å². The first-order chi connectivity index (χ1) is 19.1. The highest BCUT2D eigenvalue weighted by Gasteiger charge is 2.34. The fraction of sp³-hybridized carbons (Fsp3) is 0.226. The van der Waals surface area contributed by atoms with Crippen molar-refractivity contribution in [2.45, 2.75) is 39.2 Å². The van der Waals surface area contributed by atoms with Crippen molar-refractivity contribution in [1.82, 2.24) is 14.6 Å². The summed E-state index contributed by atoms with van der Waals surface area (Å²) in [5, 5.41) is 4.49. The third-order valence-electron chi connectivity index (χ3n) is 6.87. The van der Waals surface area contributed by atoms with Crippen LogP contribution >= 0.6 is 11.3 Å². The molecular formula is C31H28N4O3S. The van der Waals surface area contributed by atoms with Gasteiger partial charge in [-0.05, 0) is 42.3 Å². The topological polar surface area (TPSA) is 76.8 Å². The number of fused-ring (bicyclic) bond motifs is 2. The molecule has 1 amide bonds. The smallest absolute Gasteiger partial charge is 0.291 e. The van der Waals surface area contributed by atoms with Crippen molar-refractivity contribution in [1.29, 1.82) is 0 Å². The van der Waals surface area contributed by atoms with E-state index in [1.54, 1.807) is 4.90 Å². The lowest BCUT2D eigenvalue weighted by atomic mass is 10.1. The quantitative estimate of drug-likeness (QED) is 0.241. The third kappa shape index (κ3) is 4.83. The molecule has 0 bridgehead atoms. The van der Waals surface area contributed by atoms with Crippen LogP contribution in [0.5, 0.6) is 5.75 Å². The summed E-state index contributed by atoms with van der Waals surface area (Å²) in [5.74, 6) is 1.08. The van der Waals surface area contributed by atoms with Crippen LogP contribution in [0.1, 0.15) is 43.7 Å². The highest BCUT2D eigenvalue weighted by Crippen LogP contribution is 2.36. The maximum absolute atomic E-state index is 13.7. The average Bonchev–Trinajstić information content (AvgIpc) is 3.60. The molecular weight excluding hydrogens is 508 g/mol. The van der Waals surface area contributed by atoms with Crippen LogP contribution in [0.25, 0.3) is 21.9 Å². The van der Waals surface area contributed by atoms with Crippen LogP contribution in [0.15, 0.2) is 83.7 Å². The predicted molar refractivity (Wildman–Crippen MR) is 154 cm³/mol. The van der Waals surface area contributed by atoms with E-state index in [9.17, 15) is 9.59 Å². The van der Waals surface area contributed by atoms with E-state index >= 15 is 0 Å². The Balaban J connectivity index is 1.30. The van der Waals surface area contributed by atoms with Crippen molar-refractivity contribution in [3.05, 3.63) is 105 Å². The van der Waals surface area contributed by atoms with Gasteiger partial charge in [0, 0.05) is 11.1 Å². The number of amides is 1. The van der Waals surface area contributed by atoms with Gasteiger partial charge in [-0.2, -0.15) is 9.50 Å². The predicted octanol–water partition coefficient (Wildman–Crippen LogP) is 5.24. The number of para-hydroxylation sites is 1. The number of carbonyl (C=O) groups is 1. The van der Waals surface area contributed by atoms with E-state index in [4.69, 9.17) is 4.74 Å². The van der Waals surface area contributed by atoms with Crippen molar-refractivity contribution in [3.63, 3.8) is 0 Å². The molecule has 7 nitrogen and oxygen atoms in total. The molecule has 6 rings (SSSR count). The van der Waals surface area contributed by atoms with E-state index in [0.29, 0.717) is 34.0 Å². The van der Waals surface area contributed by atoms with Gasteiger partial charge in [0.05, 0.1) is 24.4 Å². The lowest BCUT2D eigenvalue weighted by Crippen LogP contribution is -2.32. The number of rotatable bonds is 9. The Morgan fingerprint density at radius 1 is 0.872 bits per heavy atom. The molecule has 0 saturated carbocycles. The molecule has 0 saturated heterocycles. The first-order valence-corrected chi connectivity index (χ1v) is 14.1. The van der Waals surface area contributed by atoms with E-state index in [1.165, 1.54) is 35.1 Å². The second kappa shape index (κ2) is 10.8. The van der Waals surface area contributed by atoms with Gasteiger partial charge in [0.2, 0.25) is 4.96 Å². The Morgan fingerprint density at radius 2 is 1.64 bits per heavy atom. The first kappa shape index (κ1) is 25.0. The normalized spacial score (nSPS) is 14.3. The van der Waals surface area contributed by atoms with Gasteiger partial charge >= 0.3 is 0 Å². The molecule has 3 aromatic carbocycles. The number of hydrogen-bond donors (Lipinski definition) is 0. The van der Waals surface area contributed by atoms with Crippen LogP contribution in [0.3, 0.4) is 0 Å². The molecule has 0 atom stereocenters. The number of benzene rings is 3. The Morgan fingerprint density at radius 3 is 2.41 bits per heavy atom. The lowest BCUT2D eigenvalue weighted by molar-refractivity contribution is -0.113. The van der Waals surface area contributed by atoms with Crippen LogP contribution in [-0.2, 0) is 11.3 Å². The lowest BCUT2D eigenvalue weighted by Gasteiger charge is -2.17. The second-order valence-corrected chi connectivity index (χ2v) is 10.5. The van der Waals surface area contributed by atoms with Crippen LogP contribution in [0, 0.1) is 0 Å². The molecule has 3 heterocycles. The van der Waals surface area contributed by atoms with Crippen molar-refractivity contribution in [2.75, 3.05) is 11.5 Å². The highest BCUT2D eigenvalue weighted by atomic mass is 32.1. The minimum Gasteiger partial charge on any atom is -0.494 e. The maximum atomic E-state index is 13.7. The second-order valence-electron chi connectivity index (χ2n) is 9.57. The number of hydrogen-bond acceptors (Lipinski definition) is 6. The number of anilines is 1. The summed E-state index contributed by atoms with van der Waals surface area (Å²) in [4.78, 5) is 34.0. The monoisotopic (exact) mass is 536 g/mol. The number of unbranched alkanes of at least 4 members (excludes halogenated alkanes) is 3. The molecule has 2 aromatic heterocycles. The zero-order valence-corrected chi connectivity index (χ0v) is 22.5. The number of aromatic nitrogens is 3. The van der Waals surface area contributed by atoms with E-state index in [-0.39, 0.29) is 11.5 Å². The van der Waals surface area contributed by atoms with Gasteiger partial charge in [-0.25, -0.2) is 0 Å². The summed E-state index contributed by atoms with van der Waals surface area (Å²) in [6.07, 6.45) is 4.64. The first-order valence-electron chi connectivity index (χ1n) is 13.3. The van der Waals surface area contributed by atoms with Crippen LogP contribution in [-0.4, -0.2) is 27.1 Å². The summed E-state index contributed by atoms with van der Waals surface area (Å²) in [5.41, 5.74) is 3.45. The molecule has 196 valence electrons. The molecule has 0 unspecified atom stereocenters. The summed E-state index contributed by atoms with van der Waals surface area (Å²) < 4.78 is 7.49. The Bertz CT molecular complexity index is 1740. The van der Waals surface area contributed by atoms with E-state index in [2.05, 4.69) is 17.0 Å². The summed E-state index contributed by atoms with van der Waals surface area (Å²) in [7, 11) is 0. The van der Waals surface area contributed by atoms with E-state index < -0.39 is 0 Å². The fourth-order valence-electron chi connectivity index (χ4n) is 4.85. The summed E-state index contributed by atoms with van der Waals surface area (Å²) >= 11 is 1.20. The van der Waals surface area contributed by atoms with Crippen LogP contribution < -0.4 is 19.7 Å². The van der Waals surface area contributed by atoms with Gasteiger partial charge in [-0.15, -0.1) is 5.10 Å². The van der Waals surface area contributed by atoms with Gasteiger partial charge in [-0.3, -0.25) is 9.59 Å². The molecule has 0 radical (unpaired) electrons. The number of ether oxygens (including phenoxy) is 1. The zero-order valence-electron chi connectivity index (χ0n) is 21.7. The zero-order chi connectivity index (χ0) is 26.8. The molecule has 1 aliphatic heterocycles. The molecule has 8 heteroatoms. The molecule has 1 aliphatic rings. The minimum atomic E-state index is -0.333. The SMILES string of the molecule is CCCCCCOc1ccc(-c2nc3s/c(=C4\C(=O)N(Cc5ccccc5)c5ccccc54)c(=O)n3n2)cc1. The summed E-state index contributed by atoms with van der Waals surface area (Å²) in [6, 6.07) is 25.0. The van der Waals surface area contributed by atoms with Crippen molar-refractivity contribution in [2.24, 2.45) is 0 Å². The minimum absolute atomic E-state index is 0.188. The van der Waals surface area contributed by atoms with Gasteiger partial charge in [0.25, 0.3) is 11.5 Å². The van der Waals surface area contributed by atoms with Crippen LogP contribution in [0.2, 0.25) is 0 Å². The Labute approximate surface area is 230 Å². The van der Waals surface area contributed by atoms with E-state index in [0.717, 1.165) is 34.5 Å². The van der Waals surface area contributed by atoms with Crippen molar-refractivity contribution < 1.29 is 9.53 Å². The van der Waals surface area contributed by atoms with Crippen molar-refractivity contribution >= 4 is 33.5 Å². The van der Waals surface area contributed by atoms with Crippen LogP contribution in [0.4, 0.5) is 5.69 Å². The Kier molecular flexibility index (Phi) is 6.94. The number of carbonyl (C=O) groups excluding carboxylic acids is 1.